The van der Waals surface area contributed by atoms with Crippen molar-refractivity contribution in [2.45, 2.75) is 43.2 Å². The summed E-state index contributed by atoms with van der Waals surface area (Å²) in [5.74, 6) is -0.585. The van der Waals surface area contributed by atoms with Crippen LogP contribution >= 0.6 is 0 Å². The first-order valence-electron chi connectivity index (χ1n) is 6.98. The highest BCUT2D eigenvalue weighted by Crippen LogP contribution is 2.40. The zero-order valence-electron chi connectivity index (χ0n) is 11.1. The number of carboxylic acids is 1. The number of hydrogen-bond acceptors (Lipinski definition) is 2. The molecule has 0 radical (unpaired) electrons. The second kappa shape index (κ2) is 4.81. The van der Waals surface area contributed by atoms with Gasteiger partial charge in [0, 0.05) is 12.0 Å². The first-order chi connectivity index (χ1) is 9.61. The lowest BCUT2D eigenvalue weighted by molar-refractivity contribution is -0.148. The Morgan fingerprint density at radius 2 is 1.90 bits per heavy atom. The third kappa shape index (κ3) is 2.35. The van der Waals surface area contributed by atoms with Crippen LogP contribution in [0.3, 0.4) is 0 Å². The van der Waals surface area contributed by atoms with Crippen molar-refractivity contribution in [2.75, 3.05) is 0 Å². The Balaban J connectivity index is 1.53. The molecule has 2 amide bonds. The summed E-state index contributed by atoms with van der Waals surface area (Å²) in [5.41, 5.74) is 0.177. The smallest absolute Gasteiger partial charge is 0.329 e. The van der Waals surface area contributed by atoms with E-state index in [1.807, 2.05) is 18.2 Å². The number of carbonyl (C=O) groups excluding carboxylic acids is 1. The van der Waals surface area contributed by atoms with Crippen molar-refractivity contribution in [1.82, 2.24) is 10.6 Å². The number of hydrogen-bond donors (Lipinski definition) is 3. The number of carboxylic acid groups (broad SMARTS) is 1. The van der Waals surface area contributed by atoms with E-state index in [0.717, 1.165) is 12.8 Å². The third-order valence-corrected chi connectivity index (χ3v) is 4.30. The summed E-state index contributed by atoms with van der Waals surface area (Å²) >= 11 is 0. The van der Waals surface area contributed by atoms with Crippen LogP contribution in [0.5, 0.6) is 0 Å². The molecule has 106 valence electrons. The van der Waals surface area contributed by atoms with Gasteiger partial charge in [0.25, 0.3) is 0 Å². The van der Waals surface area contributed by atoms with Crippen LogP contribution < -0.4 is 10.6 Å². The Kier molecular flexibility index (Phi) is 3.12. The summed E-state index contributed by atoms with van der Waals surface area (Å²) in [6, 6.07) is 9.79. The number of aliphatic carboxylic acids is 1. The Bertz CT molecular complexity index is 525. The summed E-state index contributed by atoms with van der Waals surface area (Å²) in [7, 11) is 0. The number of urea groups is 1. The zero-order valence-corrected chi connectivity index (χ0v) is 11.1. The molecule has 0 spiro atoms. The van der Waals surface area contributed by atoms with Crippen LogP contribution in [0.4, 0.5) is 4.79 Å². The fourth-order valence-corrected chi connectivity index (χ4v) is 2.77. The van der Waals surface area contributed by atoms with Gasteiger partial charge in [-0.25, -0.2) is 9.59 Å². The van der Waals surface area contributed by atoms with Gasteiger partial charge in [-0.15, -0.1) is 0 Å². The average Bonchev–Trinajstić information content (AvgIpc) is 3.13. The molecule has 0 bridgehead atoms. The van der Waals surface area contributed by atoms with Crippen molar-refractivity contribution in [1.29, 1.82) is 0 Å². The SMILES string of the molecule is O=C(NC1CC1c1ccccc1)NC1(C(=O)O)CCC1. The van der Waals surface area contributed by atoms with Crippen LogP contribution in [0.25, 0.3) is 0 Å². The molecule has 20 heavy (non-hydrogen) atoms. The normalized spacial score (nSPS) is 26.2. The van der Waals surface area contributed by atoms with E-state index < -0.39 is 11.5 Å². The fourth-order valence-electron chi connectivity index (χ4n) is 2.77. The molecule has 0 saturated heterocycles. The van der Waals surface area contributed by atoms with Gasteiger partial charge in [0.15, 0.2) is 0 Å². The minimum absolute atomic E-state index is 0.114. The molecule has 2 atom stereocenters. The summed E-state index contributed by atoms with van der Waals surface area (Å²) in [6.07, 6.45) is 2.80. The molecule has 2 saturated carbocycles. The summed E-state index contributed by atoms with van der Waals surface area (Å²) in [6.45, 7) is 0. The molecule has 1 aromatic carbocycles. The van der Waals surface area contributed by atoms with Crippen LogP contribution in [0.2, 0.25) is 0 Å². The van der Waals surface area contributed by atoms with E-state index in [1.165, 1.54) is 5.56 Å². The standard InChI is InChI=1S/C15H18N2O3/c18-13(19)15(7-4-8-15)17-14(20)16-12-9-11(12)10-5-2-1-3-6-10/h1-3,5-6,11-12H,4,7-9H2,(H,18,19)(H2,16,17,20). The number of benzene rings is 1. The van der Waals surface area contributed by atoms with Crippen LogP contribution in [-0.4, -0.2) is 28.7 Å². The zero-order chi connectivity index (χ0) is 14.2. The van der Waals surface area contributed by atoms with Crippen molar-refractivity contribution >= 4 is 12.0 Å². The van der Waals surface area contributed by atoms with E-state index in [0.29, 0.717) is 18.8 Å². The predicted octanol–water partition coefficient (Wildman–Crippen LogP) is 1.85. The fraction of sp³-hybridized carbons (Fsp3) is 0.467. The molecule has 0 heterocycles. The Morgan fingerprint density at radius 3 is 2.45 bits per heavy atom. The lowest BCUT2D eigenvalue weighted by Gasteiger charge is -2.38. The summed E-state index contributed by atoms with van der Waals surface area (Å²) in [5, 5.41) is 14.7. The molecule has 3 N–H and O–H groups in total. The Labute approximate surface area is 117 Å². The second-order valence-electron chi connectivity index (χ2n) is 5.70. The Hall–Kier alpha value is -2.04. The van der Waals surface area contributed by atoms with E-state index in [4.69, 9.17) is 5.11 Å². The van der Waals surface area contributed by atoms with E-state index in [-0.39, 0.29) is 12.1 Å². The van der Waals surface area contributed by atoms with E-state index in [2.05, 4.69) is 22.8 Å². The maximum Gasteiger partial charge on any atom is 0.329 e. The van der Waals surface area contributed by atoms with Crippen LogP contribution in [-0.2, 0) is 4.79 Å². The number of rotatable bonds is 4. The molecule has 2 fully saturated rings. The lowest BCUT2D eigenvalue weighted by Crippen LogP contribution is -2.61. The van der Waals surface area contributed by atoms with Crippen molar-refractivity contribution in [3.63, 3.8) is 0 Å². The minimum Gasteiger partial charge on any atom is -0.480 e. The molecule has 5 nitrogen and oxygen atoms in total. The Morgan fingerprint density at radius 1 is 1.20 bits per heavy atom. The van der Waals surface area contributed by atoms with Gasteiger partial charge < -0.3 is 15.7 Å². The molecular formula is C15H18N2O3. The van der Waals surface area contributed by atoms with Gasteiger partial charge in [-0.3, -0.25) is 0 Å². The van der Waals surface area contributed by atoms with Gasteiger partial charge in [0.05, 0.1) is 0 Å². The van der Waals surface area contributed by atoms with Crippen LogP contribution in [0, 0.1) is 0 Å². The van der Waals surface area contributed by atoms with Gasteiger partial charge >= 0.3 is 12.0 Å². The van der Waals surface area contributed by atoms with Gasteiger partial charge in [0.1, 0.15) is 5.54 Å². The van der Waals surface area contributed by atoms with Gasteiger partial charge in [-0.1, -0.05) is 30.3 Å². The quantitative estimate of drug-likeness (QED) is 0.784. The first kappa shape index (κ1) is 13.0. The molecular weight excluding hydrogens is 256 g/mol. The molecule has 5 heteroatoms. The highest BCUT2D eigenvalue weighted by atomic mass is 16.4. The monoisotopic (exact) mass is 274 g/mol. The number of amides is 2. The van der Waals surface area contributed by atoms with E-state index in [9.17, 15) is 9.59 Å². The second-order valence-corrected chi connectivity index (χ2v) is 5.70. The van der Waals surface area contributed by atoms with E-state index in [1.54, 1.807) is 0 Å². The summed E-state index contributed by atoms with van der Waals surface area (Å²) < 4.78 is 0. The third-order valence-electron chi connectivity index (χ3n) is 4.30. The topological polar surface area (TPSA) is 78.4 Å². The molecule has 0 aromatic heterocycles. The van der Waals surface area contributed by atoms with Gasteiger partial charge in [-0.2, -0.15) is 0 Å². The number of carbonyl (C=O) groups is 2. The van der Waals surface area contributed by atoms with Crippen molar-refractivity contribution in [2.24, 2.45) is 0 Å². The van der Waals surface area contributed by atoms with Crippen molar-refractivity contribution in [3.8, 4) is 0 Å². The molecule has 0 aliphatic heterocycles. The van der Waals surface area contributed by atoms with E-state index >= 15 is 0 Å². The van der Waals surface area contributed by atoms with Gasteiger partial charge in [-0.05, 0) is 31.2 Å². The average molecular weight is 274 g/mol. The predicted molar refractivity (Wildman–Crippen MR) is 73.5 cm³/mol. The van der Waals surface area contributed by atoms with Crippen LogP contribution in [0.1, 0.15) is 37.2 Å². The van der Waals surface area contributed by atoms with Gasteiger partial charge in [0.2, 0.25) is 0 Å². The minimum atomic E-state index is -1.04. The maximum atomic E-state index is 11.9. The molecule has 2 aliphatic carbocycles. The first-order valence-corrected chi connectivity index (χ1v) is 6.98. The lowest BCUT2D eigenvalue weighted by atomic mass is 9.77. The molecule has 1 aromatic rings. The summed E-state index contributed by atoms with van der Waals surface area (Å²) in [4.78, 5) is 23.1. The van der Waals surface area contributed by atoms with Crippen LogP contribution in [0.15, 0.2) is 30.3 Å². The molecule has 2 unspecified atom stereocenters. The van der Waals surface area contributed by atoms with Crippen molar-refractivity contribution < 1.29 is 14.7 Å². The largest absolute Gasteiger partial charge is 0.480 e. The number of nitrogens with one attached hydrogen (secondary N) is 2. The molecule has 3 rings (SSSR count). The molecule has 2 aliphatic rings. The van der Waals surface area contributed by atoms with Crippen molar-refractivity contribution in [3.05, 3.63) is 35.9 Å². The highest BCUT2D eigenvalue weighted by molar-refractivity contribution is 5.87. The highest BCUT2D eigenvalue weighted by Gasteiger charge is 2.47. The maximum absolute atomic E-state index is 11.9.